The summed E-state index contributed by atoms with van der Waals surface area (Å²) >= 11 is 0. The third kappa shape index (κ3) is 6.27. The van der Waals surface area contributed by atoms with Crippen LogP contribution >= 0.6 is 0 Å². The van der Waals surface area contributed by atoms with Gasteiger partial charge in [0.15, 0.2) is 16.1 Å². The van der Waals surface area contributed by atoms with Gasteiger partial charge in [-0.05, 0) is 53.1 Å². The number of benzene rings is 8. The molecule has 0 radical (unpaired) electrons. The molecule has 0 fully saturated rings. The molecule has 3 heteroatoms. The maximum atomic E-state index is 5.03. The van der Waals surface area contributed by atoms with Crippen molar-refractivity contribution in [3.8, 4) is 22.4 Å². The largest absolute Gasteiger partial charge is 0.256 e. The summed E-state index contributed by atoms with van der Waals surface area (Å²) in [7, 11) is -5.15. The Labute approximate surface area is 332 Å². The van der Waals surface area contributed by atoms with Crippen LogP contribution in [0.15, 0.2) is 249 Å². The summed E-state index contributed by atoms with van der Waals surface area (Å²) in [6, 6.07) is 89.2. The van der Waals surface area contributed by atoms with Gasteiger partial charge in [0.2, 0.25) is 0 Å². The van der Waals surface area contributed by atoms with E-state index in [4.69, 9.17) is 4.98 Å². The molecular formula is C53H41NSi2. The summed E-state index contributed by atoms with van der Waals surface area (Å²) in [5, 5.41) is 10.9. The second-order valence-electron chi connectivity index (χ2n) is 14.3. The van der Waals surface area contributed by atoms with Crippen molar-refractivity contribution in [2.24, 2.45) is 0 Å². The van der Waals surface area contributed by atoms with Crippen molar-refractivity contribution in [3.63, 3.8) is 0 Å². The maximum Gasteiger partial charge on any atom is 0.179 e. The van der Waals surface area contributed by atoms with Crippen LogP contribution in [0.3, 0.4) is 0 Å². The SMILES string of the molecule is c1ccc([Si](c2ccccc2)(c2ccccc2)c2ccc(-c3ccc(-c4ccc([Si](c5ccccc5)(c5ccccc5)c5ccccc5)cc4)nc3)cc2)cc1. The van der Waals surface area contributed by atoms with Crippen molar-refractivity contribution in [3.05, 3.63) is 249 Å². The Balaban J connectivity index is 1.07. The molecule has 0 unspecified atom stereocenters. The Morgan fingerprint density at radius 3 is 0.732 bits per heavy atom. The highest BCUT2D eigenvalue weighted by Crippen LogP contribution is 2.23. The third-order valence-electron chi connectivity index (χ3n) is 11.3. The highest BCUT2D eigenvalue weighted by Gasteiger charge is 2.42. The van der Waals surface area contributed by atoms with Crippen molar-refractivity contribution in [1.29, 1.82) is 0 Å². The van der Waals surface area contributed by atoms with Crippen LogP contribution in [-0.2, 0) is 0 Å². The van der Waals surface area contributed by atoms with Crippen molar-refractivity contribution >= 4 is 57.6 Å². The molecule has 1 heterocycles. The first-order valence-corrected chi connectivity index (χ1v) is 23.3. The minimum absolute atomic E-state index is 0.965. The summed E-state index contributed by atoms with van der Waals surface area (Å²) in [6.45, 7) is 0. The van der Waals surface area contributed by atoms with Gasteiger partial charge < -0.3 is 0 Å². The van der Waals surface area contributed by atoms with E-state index >= 15 is 0 Å². The number of hydrogen-bond acceptors (Lipinski definition) is 1. The Morgan fingerprint density at radius 2 is 0.464 bits per heavy atom. The Kier molecular flexibility index (Phi) is 9.77. The van der Waals surface area contributed by atoms with Crippen LogP contribution in [0, 0.1) is 0 Å². The lowest BCUT2D eigenvalue weighted by molar-refractivity contribution is 1.33. The standard InChI is InChI=1S/C53H41NSi2/c1-7-19-45(20-8-1)55(46-21-9-2-10-22-46,47-23-11-3-12-24-47)51-36-31-42(32-37-51)44-35-40-53(54-41-44)43-33-38-52(39-34-43)56(48-25-13-4-14-26-48,49-27-15-5-16-28-49)50-29-17-6-18-30-50/h1-41H. The van der Waals surface area contributed by atoms with Crippen LogP contribution in [-0.4, -0.2) is 21.1 Å². The molecule has 56 heavy (non-hydrogen) atoms. The highest BCUT2D eigenvalue weighted by molar-refractivity contribution is 7.20. The molecule has 0 aliphatic carbocycles. The Hall–Kier alpha value is -6.66. The molecule has 8 aromatic carbocycles. The molecule has 266 valence electrons. The molecule has 0 saturated carbocycles. The molecule has 1 aromatic heterocycles. The first-order valence-electron chi connectivity index (χ1n) is 19.3. The molecule has 0 N–H and O–H groups in total. The minimum Gasteiger partial charge on any atom is -0.256 e. The topological polar surface area (TPSA) is 12.9 Å². The Morgan fingerprint density at radius 1 is 0.214 bits per heavy atom. The lowest BCUT2D eigenvalue weighted by Crippen LogP contribution is -2.74. The highest BCUT2D eigenvalue weighted by atomic mass is 28.3. The smallest absolute Gasteiger partial charge is 0.179 e. The van der Waals surface area contributed by atoms with Gasteiger partial charge in [0.1, 0.15) is 0 Å². The van der Waals surface area contributed by atoms with Crippen LogP contribution in [0.2, 0.25) is 0 Å². The Bertz CT molecular complexity index is 2230. The predicted octanol–water partition coefficient (Wildman–Crippen LogP) is 7.17. The molecule has 0 aliphatic rings. The van der Waals surface area contributed by atoms with E-state index in [2.05, 4.69) is 243 Å². The van der Waals surface area contributed by atoms with Crippen molar-refractivity contribution in [2.45, 2.75) is 0 Å². The van der Waals surface area contributed by atoms with E-state index in [0.717, 1.165) is 22.4 Å². The number of aromatic nitrogens is 1. The molecule has 0 amide bonds. The summed E-state index contributed by atoms with van der Waals surface area (Å²) in [4.78, 5) is 5.03. The van der Waals surface area contributed by atoms with Gasteiger partial charge in [-0.3, -0.25) is 4.98 Å². The zero-order valence-electron chi connectivity index (χ0n) is 31.1. The van der Waals surface area contributed by atoms with E-state index in [-0.39, 0.29) is 0 Å². The van der Waals surface area contributed by atoms with Crippen molar-refractivity contribution in [1.82, 2.24) is 4.98 Å². The van der Waals surface area contributed by atoms with Crippen LogP contribution in [0.5, 0.6) is 0 Å². The first-order chi connectivity index (χ1) is 27.8. The van der Waals surface area contributed by atoms with Gasteiger partial charge in [-0.2, -0.15) is 0 Å². The van der Waals surface area contributed by atoms with Gasteiger partial charge in [0, 0.05) is 17.3 Å². The van der Waals surface area contributed by atoms with E-state index in [1.165, 1.54) is 41.5 Å². The summed E-state index contributed by atoms with van der Waals surface area (Å²) < 4.78 is 0. The van der Waals surface area contributed by atoms with Gasteiger partial charge >= 0.3 is 0 Å². The fourth-order valence-electron chi connectivity index (χ4n) is 8.67. The zero-order valence-corrected chi connectivity index (χ0v) is 33.1. The lowest BCUT2D eigenvalue weighted by atomic mass is 10.1. The van der Waals surface area contributed by atoms with Gasteiger partial charge in [0.25, 0.3) is 0 Å². The average Bonchev–Trinajstić information content (AvgIpc) is 3.30. The lowest BCUT2D eigenvalue weighted by Gasteiger charge is -2.34. The van der Waals surface area contributed by atoms with Gasteiger partial charge in [0.05, 0.1) is 5.69 Å². The number of pyridine rings is 1. The summed E-state index contributed by atoms with van der Waals surface area (Å²) in [5.41, 5.74) is 4.33. The van der Waals surface area contributed by atoms with Gasteiger partial charge in [-0.1, -0.05) is 237 Å². The number of nitrogens with zero attached hydrogens (tertiary/aromatic N) is 1. The fraction of sp³-hybridized carbons (Fsp3) is 0. The molecule has 9 rings (SSSR count). The number of hydrogen-bond donors (Lipinski definition) is 0. The zero-order chi connectivity index (χ0) is 37.6. The molecule has 9 aromatic rings. The monoisotopic (exact) mass is 747 g/mol. The van der Waals surface area contributed by atoms with Crippen LogP contribution in [0.25, 0.3) is 22.4 Å². The molecule has 0 bridgehead atoms. The second kappa shape index (κ2) is 15.6. The molecule has 0 atom stereocenters. The molecule has 0 saturated heterocycles. The maximum absolute atomic E-state index is 5.03. The third-order valence-corrected chi connectivity index (χ3v) is 20.9. The normalized spacial score (nSPS) is 11.6. The predicted molar refractivity (Wildman–Crippen MR) is 242 cm³/mol. The molecule has 0 spiro atoms. The van der Waals surface area contributed by atoms with Gasteiger partial charge in [-0.25, -0.2) is 0 Å². The van der Waals surface area contributed by atoms with Crippen LogP contribution in [0.4, 0.5) is 0 Å². The summed E-state index contributed by atoms with van der Waals surface area (Å²) in [6.07, 6.45) is 2.02. The van der Waals surface area contributed by atoms with E-state index < -0.39 is 16.1 Å². The quantitative estimate of drug-likeness (QED) is 0.107. The minimum atomic E-state index is -2.58. The van der Waals surface area contributed by atoms with Crippen LogP contribution < -0.4 is 41.5 Å². The van der Waals surface area contributed by atoms with Gasteiger partial charge in [-0.15, -0.1) is 0 Å². The second-order valence-corrected chi connectivity index (χ2v) is 21.9. The van der Waals surface area contributed by atoms with E-state index in [0.29, 0.717) is 0 Å². The molecular weight excluding hydrogens is 707 g/mol. The van der Waals surface area contributed by atoms with Crippen molar-refractivity contribution in [2.75, 3.05) is 0 Å². The van der Waals surface area contributed by atoms with E-state index in [1.807, 2.05) is 6.20 Å². The molecule has 0 aliphatic heterocycles. The first kappa shape index (κ1) is 35.1. The van der Waals surface area contributed by atoms with E-state index in [1.54, 1.807) is 0 Å². The molecule has 1 nitrogen and oxygen atoms in total. The van der Waals surface area contributed by atoms with Crippen LogP contribution in [0.1, 0.15) is 0 Å². The number of rotatable bonds is 10. The fourth-order valence-corrected chi connectivity index (χ4v) is 18.2. The van der Waals surface area contributed by atoms with Crippen molar-refractivity contribution < 1.29 is 0 Å². The summed E-state index contributed by atoms with van der Waals surface area (Å²) in [5.74, 6) is 0. The van der Waals surface area contributed by atoms with E-state index in [9.17, 15) is 0 Å². The average molecular weight is 748 g/mol.